The molecule has 25 heavy (non-hydrogen) atoms. The lowest BCUT2D eigenvalue weighted by atomic mass is 9.96. The van der Waals surface area contributed by atoms with Gasteiger partial charge in [-0.05, 0) is 17.7 Å². The van der Waals surface area contributed by atoms with E-state index < -0.39 is 0 Å². The van der Waals surface area contributed by atoms with Gasteiger partial charge >= 0.3 is 0 Å². The van der Waals surface area contributed by atoms with E-state index in [1.54, 1.807) is 0 Å². The van der Waals surface area contributed by atoms with Crippen molar-refractivity contribution in [2.24, 2.45) is 0 Å². The molecule has 0 bridgehead atoms. The lowest BCUT2D eigenvalue weighted by Gasteiger charge is -2.14. The summed E-state index contributed by atoms with van der Waals surface area (Å²) in [5, 5.41) is 13.9. The Labute approximate surface area is 144 Å². The first-order chi connectivity index (χ1) is 12.2. The number of H-pyrrole nitrogens is 1. The SMILES string of the molecule is O=C1CC(c2ccccc2NC(=O)Cc2[nH]nc3ccccc23)CN1. The van der Waals surface area contributed by atoms with Gasteiger partial charge in [-0.15, -0.1) is 0 Å². The number of carbonyl (C=O) groups excluding carboxylic acids is 2. The molecule has 2 heterocycles. The molecule has 3 N–H and O–H groups in total. The summed E-state index contributed by atoms with van der Waals surface area (Å²) in [6.07, 6.45) is 0.675. The van der Waals surface area contributed by atoms with Gasteiger partial charge in [0.15, 0.2) is 0 Å². The maximum atomic E-state index is 12.5. The Hall–Kier alpha value is -3.15. The highest BCUT2D eigenvalue weighted by atomic mass is 16.2. The Morgan fingerprint density at radius 2 is 1.96 bits per heavy atom. The molecule has 1 aliphatic heterocycles. The standard InChI is InChI=1S/C19H18N4O2/c24-18-9-12(11-20-18)13-5-1-3-7-15(13)21-19(25)10-17-14-6-2-4-8-16(14)22-23-17/h1-8,12H,9-11H2,(H,20,24)(H,21,25)(H,22,23). The Morgan fingerprint density at radius 3 is 2.80 bits per heavy atom. The van der Waals surface area contributed by atoms with E-state index in [1.165, 1.54) is 0 Å². The molecule has 1 fully saturated rings. The van der Waals surface area contributed by atoms with Crippen LogP contribution in [0.5, 0.6) is 0 Å². The highest BCUT2D eigenvalue weighted by Gasteiger charge is 2.25. The zero-order chi connectivity index (χ0) is 17.2. The summed E-state index contributed by atoms with van der Waals surface area (Å²) < 4.78 is 0. The Morgan fingerprint density at radius 1 is 1.16 bits per heavy atom. The van der Waals surface area contributed by atoms with Gasteiger partial charge in [0.1, 0.15) is 0 Å². The number of aromatic nitrogens is 2. The molecule has 6 heteroatoms. The van der Waals surface area contributed by atoms with E-state index in [1.807, 2.05) is 48.5 Å². The minimum absolute atomic E-state index is 0.0510. The van der Waals surface area contributed by atoms with E-state index in [9.17, 15) is 9.59 Å². The van der Waals surface area contributed by atoms with Gasteiger partial charge in [0.25, 0.3) is 0 Å². The van der Waals surface area contributed by atoms with Gasteiger partial charge in [0.05, 0.1) is 17.6 Å². The Balaban J connectivity index is 1.52. The van der Waals surface area contributed by atoms with Crippen LogP contribution in [0.4, 0.5) is 5.69 Å². The third-order valence-corrected chi connectivity index (χ3v) is 4.53. The van der Waals surface area contributed by atoms with Crippen LogP contribution in [0, 0.1) is 0 Å². The van der Waals surface area contributed by atoms with Crippen molar-refractivity contribution < 1.29 is 9.59 Å². The number of para-hydroxylation sites is 2. The summed E-state index contributed by atoms with van der Waals surface area (Å²) in [6, 6.07) is 15.4. The average Bonchev–Trinajstić information content (AvgIpc) is 3.22. The molecule has 3 aromatic rings. The number of benzene rings is 2. The molecular weight excluding hydrogens is 316 g/mol. The van der Waals surface area contributed by atoms with Crippen LogP contribution in [-0.2, 0) is 16.0 Å². The molecular formula is C19H18N4O2. The number of hydrogen-bond acceptors (Lipinski definition) is 3. The Kier molecular flexibility index (Phi) is 3.93. The lowest BCUT2D eigenvalue weighted by Crippen LogP contribution is -2.17. The van der Waals surface area contributed by atoms with Crippen molar-refractivity contribution in [3.63, 3.8) is 0 Å². The monoisotopic (exact) mass is 334 g/mol. The van der Waals surface area contributed by atoms with Crippen LogP contribution in [0.2, 0.25) is 0 Å². The highest BCUT2D eigenvalue weighted by Crippen LogP contribution is 2.29. The van der Waals surface area contributed by atoms with Crippen LogP contribution in [0.1, 0.15) is 23.6 Å². The molecule has 0 aliphatic carbocycles. The molecule has 4 rings (SSSR count). The zero-order valence-electron chi connectivity index (χ0n) is 13.6. The number of aromatic amines is 1. The van der Waals surface area contributed by atoms with Crippen molar-refractivity contribution in [3.05, 3.63) is 59.8 Å². The number of fused-ring (bicyclic) bond motifs is 1. The van der Waals surface area contributed by atoms with Gasteiger partial charge < -0.3 is 10.6 Å². The van der Waals surface area contributed by atoms with Crippen LogP contribution in [-0.4, -0.2) is 28.6 Å². The summed E-state index contributed by atoms with van der Waals surface area (Å²) in [7, 11) is 0. The quantitative estimate of drug-likeness (QED) is 0.684. The second-order valence-corrected chi connectivity index (χ2v) is 6.24. The molecule has 126 valence electrons. The molecule has 2 aromatic carbocycles. The van der Waals surface area contributed by atoms with Crippen molar-refractivity contribution in [2.75, 3.05) is 11.9 Å². The molecule has 0 spiro atoms. The fraction of sp³-hybridized carbons (Fsp3) is 0.211. The molecule has 1 saturated heterocycles. The lowest BCUT2D eigenvalue weighted by molar-refractivity contribution is -0.119. The van der Waals surface area contributed by atoms with E-state index in [0.717, 1.165) is 27.8 Å². The van der Waals surface area contributed by atoms with Crippen LogP contribution in [0.25, 0.3) is 10.9 Å². The summed E-state index contributed by atoms with van der Waals surface area (Å²) in [5.74, 6) is 0.0335. The first-order valence-corrected chi connectivity index (χ1v) is 8.28. The summed E-state index contributed by atoms with van der Waals surface area (Å²) in [6.45, 7) is 0.608. The first-order valence-electron chi connectivity index (χ1n) is 8.28. The number of nitrogens with one attached hydrogen (secondary N) is 3. The largest absolute Gasteiger partial charge is 0.355 e. The van der Waals surface area contributed by atoms with Crippen LogP contribution < -0.4 is 10.6 Å². The van der Waals surface area contributed by atoms with E-state index >= 15 is 0 Å². The third-order valence-electron chi connectivity index (χ3n) is 4.53. The first kappa shape index (κ1) is 15.4. The minimum atomic E-state index is -0.112. The molecule has 0 radical (unpaired) electrons. The number of hydrogen-bond donors (Lipinski definition) is 3. The van der Waals surface area contributed by atoms with Crippen LogP contribution in [0.3, 0.4) is 0 Å². The van der Waals surface area contributed by atoms with E-state index in [4.69, 9.17) is 0 Å². The van der Waals surface area contributed by atoms with Gasteiger partial charge in [-0.2, -0.15) is 5.10 Å². The topological polar surface area (TPSA) is 86.9 Å². The maximum absolute atomic E-state index is 12.5. The second kappa shape index (κ2) is 6.39. The van der Waals surface area contributed by atoms with E-state index in [-0.39, 0.29) is 24.2 Å². The van der Waals surface area contributed by atoms with Crippen molar-refractivity contribution in [3.8, 4) is 0 Å². The maximum Gasteiger partial charge on any atom is 0.230 e. The van der Waals surface area contributed by atoms with Gasteiger partial charge in [0, 0.05) is 30.0 Å². The number of carbonyl (C=O) groups is 2. The molecule has 1 aromatic heterocycles. The molecule has 0 saturated carbocycles. The summed E-state index contributed by atoms with van der Waals surface area (Å²) in [4.78, 5) is 24.0. The van der Waals surface area contributed by atoms with Crippen molar-refractivity contribution in [1.29, 1.82) is 0 Å². The van der Waals surface area contributed by atoms with Gasteiger partial charge in [-0.25, -0.2) is 0 Å². The molecule has 6 nitrogen and oxygen atoms in total. The number of rotatable bonds is 4. The third kappa shape index (κ3) is 3.10. The molecule has 1 unspecified atom stereocenters. The number of amides is 2. The van der Waals surface area contributed by atoms with Crippen LogP contribution >= 0.6 is 0 Å². The zero-order valence-corrected chi connectivity index (χ0v) is 13.6. The van der Waals surface area contributed by atoms with Gasteiger partial charge in [-0.3, -0.25) is 14.7 Å². The Bertz CT molecular complexity index is 947. The number of nitrogens with zero attached hydrogens (tertiary/aromatic N) is 1. The average molecular weight is 334 g/mol. The summed E-state index contributed by atoms with van der Waals surface area (Å²) >= 11 is 0. The minimum Gasteiger partial charge on any atom is -0.355 e. The second-order valence-electron chi connectivity index (χ2n) is 6.24. The van der Waals surface area contributed by atoms with E-state index in [0.29, 0.717) is 13.0 Å². The van der Waals surface area contributed by atoms with Crippen LogP contribution in [0.15, 0.2) is 48.5 Å². The van der Waals surface area contributed by atoms with Crippen molar-refractivity contribution in [2.45, 2.75) is 18.8 Å². The fourth-order valence-electron chi connectivity index (χ4n) is 3.30. The van der Waals surface area contributed by atoms with Gasteiger partial charge in [0.2, 0.25) is 11.8 Å². The number of anilines is 1. The molecule has 1 aliphatic rings. The molecule has 1 atom stereocenters. The predicted molar refractivity (Wildman–Crippen MR) is 95.2 cm³/mol. The predicted octanol–water partition coefficient (Wildman–Crippen LogP) is 2.35. The summed E-state index contributed by atoms with van der Waals surface area (Å²) in [5.41, 5.74) is 3.39. The normalized spacial score (nSPS) is 16.8. The van der Waals surface area contributed by atoms with Crippen molar-refractivity contribution >= 4 is 28.4 Å². The van der Waals surface area contributed by atoms with Crippen molar-refractivity contribution in [1.82, 2.24) is 15.5 Å². The highest BCUT2D eigenvalue weighted by molar-refractivity contribution is 5.95. The van der Waals surface area contributed by atoms with Gasteiger partial charge in [-0.1, -0.05) is 36.4 Å². The molecule has 2 amide bonds. The smallest absolute Gasteiger partial charge is 0.230 e. The van der Waals surface area contributed by atoms with E-state index in [2.05, 4.69) is 20.8 Å². The fourth-order valence-corrected chi connectivity index (χ4v) is 3.30.